The topological polar surface area (TPSA) is 29.5 Å². The molecule has 0 saturated heterocycles. The average molecular weight is 290 g/mol. The molecule has 0 unspecified atom stereocenters. The van der Waals surface area contributed by atoms with Crippen LogP contribution in [0.2, 0.25) is 0 Å². The summed E-state index contributed by atoms with van der Waals surface area (Å²) in [6.07, 6.45) is 7.81. The molecule has 0 aromatic heterocycles. The minimum atomic E-state index is 0.276. The van der Waals surface area contributed by atoms with Crippen LogP contribution in [-0.2, 0) is 0 Å². The second-order valence-corrected chi connectivity index (χ2v) is 6.89. The molecule has 1 aromatic carbocycles. The summed E-state index contributed by atoms with van der Waals surface area (Å²) >= 11 is 0. The van der Waals surface area contributed by atoms with E-state index in [9.17, 15) is 5.11 Å². The summed E-state index contributed by atoms with van der Waals surface area (Å²) < 4.78 is 5.84. The zero-order valence-corrected chi connectivity index (χ0v) is 13.8. The van der Waals surface area contributed by atoms with Crippen LogP contribution in [0.15, 0.2) is 24.3 Å². The SMILES string of the molecule is CCC(C)(CC)C1CCC(COc2cccc(O)c2)CC1. The third-order valence-corrected chi connectivity index (χ3v) is 5.75. The smallest absolute Gasteiger partial charge is 0.122 e. The van der Waals surface area contributed by atoms with Gasteiger partial charge in [-0.25, -0.2) is 0 Å². The van der Waals surface area contributed by atoms with E-state index in [0.717, 1.165) is 18.3 Å². The Bertz CT molecular complexity index is 429. The highest BCUT2D eigenvalue weighted by molar-refractivity contribution is 5.31. The normalized spacial score (nSPS) is 23.0. The van der Waals surface area contributed by atoms with Crippen LogP contribution in [0.4, 0.5) is 0 Å². The zero-order chi connectivity index (χ0) is 15.3. The summed E-state index contributed by atoms with van der Waals surface area (Å²) in [7, 11) is 0. The summed E-state index contributed by atoms with van der Waals surface area (Å²) in [6.45, 7) is 7.91. The van der Waals surface area contributed by atoms with Gasteiger partial charge < -0.3 is 9.84 Å². The van der Waals surface area contributed by atoms with E-state index < -0.39 is 0 Å². The largest absolute Gasteiger partial charge is 0.508 e. The Kier molecular flexibility index (Phi) is 5.55. The van der Waals surface area contributed by atoms with E-state index in [-0.39, 0.29) is 5.75 Å². The Hall–Kier alpha value is -1.18. The van der Waals surface area contributed by atoms with Crippen LogP contribution in [0, 0.1) is 17.3 Å². The maximum Gasteiger partial charge on any atom is 0.122 e. The molecule has 1 aliphatic rings. The summed E-state index contributed by atoms with van der Waals surface area (Å²) in [5.41, 5.74) is 0.525. The molecule has 0 amide bonds. The van der Waals surface area contributed by atoms with Crippen molar-refractivity contribution in [2.45, 2.75) is 59.3 Å². The highest BCUT2D eigenvalue weighted by Crippen LogP contribution is 2.44. The number of ether oxygens (including phenoxy) is 1. The lowest BCUT2D eigenvalue weighted by Gasteiger charge is -2.40. The van der Waals surface area contributed by atoms with Gasteiger partial charge in [0.05, 0.1) is 6.61 Å². The van der Waals surface area contributed by atoms with E-state index in [0.29, 0.717) is 11.3 Å². The lowest BCUT2D eigenvalue weighted by atomic mass is 9.65. The van der Waals surface area contributed by atoms with Crippen molar-refractivity contribution in [3.63, 3.8) is 0 Å². The van der Waals surface area contributed by atoms with Gasteiger partial charge in [0.15, 0.2) is 0 Å². The van der Waals surface area contributed by atoms with Crippen LogP contribution < -0.4 is 4.74 Å². The molecule has 2 heteroatoms. The number of benzene rings is 1. The molecule has 1 saturated carbocycles. The number of hydrogen-bond donors (Lipinski definition) is 1. The van der Waals surface area contributed by atoms with Gasteiger partial charge in [-0.15, -0.1) is 0 Å². The molecule has 2 nitrogen and oxygen atoms in total. The maximum absolute atomic E-state index is 9.45. The minimum absolute atomic E-state index is 0.276. The second-order valence-electron chi connectivity index (χ2n) is 6.89. The van der Waals surface area contributed by atoms with Crippen molar-refractivity contribution < 1.29 is 9.84 Å². The Morgan fingerprint density at radius 2 is 1.81 bits per heavy atom. The van der Waals surface area contributed by atoms with Gasteiger partial charge in [0.2, 0.25) is 0 Å². The van der Waals surface area contributed by atoms with Crippen molar-refractivity contribution in [3.05, 3.63) is 24.3 Å². The van der Waals surface area contributed by atoms with Gasteiger partial charge in [-0.3, -0.25) is 0 Å². The van der Waals surface area contributed by atoms with Crippen molar-refractivity contribution in [1.29, 1.82) is 0 Å². The molecule has 0 spiro atoms. The number of hydrogen-bond acceptors (Lipinski definition) is 2. The van der Waals surface area contributed by atoms with Gasteiger partial charge in [-0.1, -0.05) is 39.7 Å². The van der Waals surface area contributed by atoms with Crippen LogP contribution in [0.3, 0.4) is 0 Å². The van der Waals surface area contributed by atoms with Gasteiger partial charge >= 0.3 is 0 Å². The van der Waals surface area contributed by atoms with Crippen LogP contribution in [0.1, 0.15) is 59.3 Å². The van der Waals surface area contributed by atoms with E-state index in [4.69, 9.17) is 4.74 Å². The fourth-order valence-electron chi connectivity index (χ4n) is 3.64. The van der Waals surface area contributed by atoms with Crippen molar-refractivity contribution in [1.82, 2.24) is 0 Å². The molecule has 21 heavy (non-hydrogen) atoms. The average Bonchev–Trinajstić information content (AvgIpc) is 2.53. The maximum atomic E-state index is 9.45. The van der Waals surface area contributed by atoms with E-state index in [1.165, 1.54) is 38.5 Å². The van der Waals surface area contributed by atoms with Crippen LogP contribution in [0.25, 0.3) is 0 Å². The van der Waals surface area contributed by atoms with Crippen molar-refractivity contribution in [2.24, 2.45) is 17.3 Å². The molecule has 2 rings (SSSR count). The van der Waals surface area contributed by atoms with Crippen molar-refractivity contribution >= 4 is 0 Å². The number of phenolic OH excluding ortho intramolecular Hbond substituents is 1. The molecule has 0 bridgehead atoms. The Balaban J connectivity index is 1.79. The molecule has 0 atom stereocenters. The van der Waals surface area contributed by atoms with E-state index in [1.54, 1.807) is 12.1 Å². The fraction of sp³-hybridized carbons (Fsp3) is 0.684. The summed E-state index contributed by atoms with van der Waals surface area (Å²) in [4.78, 5) is 0. The van der Waals surface area contributed by atoms with Crippen molar-refractivity contribution in [2.75, 3.05) is 6.61 Å². The van der Waals surface area contributed by atoms with E-state index >= 15 is 0 Å². The molecule has 0 heterocycles. The molecular formula is C19H30O2. The van der Waals surface area contributed by atoms with Crippen LogP contribution in [0.5, 0.6) is 11.5 Å². The lowest BCUT2D eigenvalue weighted by molar-refractivity contribution is 0.0895. The molecule has 1 N–H and O–H groups in total. The van der Waals surface area contributed by atoms with Gasteiger partial charge in [0.1, 0.15) is 11.5 Å². The third-order valence-electron chi connectivity index (χ3n) is 5.75. The third kappa shape index (κ3) is 4.15. The Morgan fingerprint density at radius 1 is 1.14 bits per heavy atom. The number of rotatable bonds is 6. The van der Waals surface area contributed by atoms with Crippen LogP contribution >= 0.6 is 0 Å². The van der Waals surface area contributed by atoms with Gasteiger partial charge in [-0.05, 0) is 55.1 Å². The Morgan fingerprint density at radius 3 is 2.38 bits per heavy atom. The fourth-order valence-corrected chi connectivity index (χ4v) is 3.64. The molecule has 0 aliphatic heterocycles. The monoisotopic (exact) mass is 290 g/mol. The first-order valence-electron chi connectivity index (χ1n) is 8.49. The predicted octanol–water partition coefficient (Wildman–Crippen LogP) is 5.40. The molecule has 1 fully saturated rings. The first-order valence-corrected chi connectivity index (χ1v) is 8.49. The van der Waals surface area contributed by atoms with E-state index in [1.807, 2.05) is 12.1 Å². The summed E-state index contributed by atoms with van der Waals surface area (Å²) in [5.74, 6) is 2.60. The second kappa shape index (κ2) is 7.20. The van der Waals surface area contributed by atoms with Crippen LogP contribution in [-0.4, -0.2) is 11.7 Å². The highest BCUT2D eigenvalue weighted by Gasteiger charge is 2.34. The standard InChI is InChI=1S/C19H30O2/c1-4-19(3,5-2)16-11-9-15(10-12-16)14-21-18-8-6-7-17(20)13-18/h6-8,13,15-16,20H,4-5,9-12,14H2,1-3H3. The Labute approximate surface area is 129 Å². The van der Waals surface area contributed by atoms with Gasteiger partial charge in [0.25, 0.3) is 0 Å². The predicted molar refractivity (Wildman–Crippen MR) is 87.7 cm³/mol. The first-order chi connectivity index (χ1) is 10.1. The molecular weight excluding hydrogens is 260 g/mol. The first kappa shape index (κ1) is 16.2. The molecule has 1 aromatic rings. The van der Waals surface area contributed by atoms with Gasteiger partial charge in [0, 0.05) is 6.07 Å². The number of phenols is 1. The number of aromatic hydroxyl groups is 1. The zero-order valence-electron chi connectivity index (χ0n) is 13.8. The van der Waals surface area contributed by atoms with Gasteiger partial charge in [-0.2, -0.15) is 0 Å². The summed E-state index contributed by atoms with van der Waals surface area (Å²) in [5, 5.41) is 9.45. The van der Waals surface area contributed by atoms with Crippen molar-refractivity contribution in [3.8, 4) is 11.5 Å². The molecule has 1 aliphatic carbocycles. The molecule has 0 radical (unpaired) electrons. The summed E-state index contributed by atoms with van der Waals surface area (Å²) in [6, 6.07) is 7.11. The quantitative estimate of drug-likeness (QED) is 0.759. The molecule has 118 valence electrons. The van der Waals surface area contributed by atoms with E-state index in [2.05, 4.69) is 20.8 Å². The lowest BCUT2D eigenvalue weighted by Crippen LogP contribution is -2.31. The minimum Gasteiger partial charge on any atom is -0.508 e. The highest BCUT2D eigenvalue weighted by atomic mass is 16.5.